The Morgan fingerprint density at radius 1 is 1.13 bits per heavy atom. The summed E-state index contributed by atoms with van der Waals surface area (Å²) in [7, 11) is -3.17. The van der Waals surface area contributed by atoms with Crippen LogP contribution < -0.4 is 15.8 Å². The highest BCUT2D eigenvalue weighted by Crippen LogP contribution is 2.34. The lowest BCUT2D eigenvalue weighted by Crippen LogP contribution is -2.29. The second-order valence-electron chi connectivity index (χ2n) is 10.9. The minimum absolute atomic E-state index is 0.0449. The smallest absolute Gasteiger partial charge is 0.340 e. The molecular formula is C28H37N5O5S. The molecule has 210 valence electrons. The lowest BCUT2D eigenvalue weighted by molar-refractivity contribution is 0.0235. The highest BCUT2D eigenvalue weighted by atomic mass is 32.2. The van der Waals surface area contributed by atoms with E-state index in [2.05, 4.69) is 15.3 Å². The molecule has 3 N–H and O–H groups in total. The minimum atomic E-state index is -3.17. The summed E-state index contributed by atoms with van der Waals surface area (Å²) in [6, 6.07) is 5.29. The average molecular weight is 556 g/mol. The summed E-state index contributed by atoms with van der Waals surface area (Å²) in [6.07, 6.45) is 3.04. The van der Waals surface area contributed by atoms with Gasteiger partial charge in [0.05, 0.1) is 28.0 Å². The second kappa shape index (κ2) is 10.7. The number of nitrogens with one attached hydrogen (secondary N) is 1. The van der Waals surface area contributed by atoms with Gasteiger partial charge in [-0.2, -0.15) is 0 Å². The van der Waals surface area contributed by atoms with Gasteiger partial charge in [0, 0.05) is 36.0 Å². The van der Waals surface area contributed by atoms with Crippen LogP contribution >= 0.6 is 0 Å². The number of rotatable bonds is 9. The fraction of sp³-hybridized carbons (Fsp3) is 0.500. The molecular weight excluding hydrogens is 518 g/mol. The van der Waals surface area contributed by atoms with Gasteiger partial charge in [-0.3, -0.25) is 0 Å². The number of esters is 1. The molecule has 0 saturated heterocycles. The number of nitrogens with two attached hydrogens (primary N) is 1. The topological polar surface area (TPSA) is 146 Å². The van der Waals surface area contributed by atoms with Crippen LogP contribution in [0.3, 0.4) is 0 Å². The van der Waals surface area contributed by atoms with Crippen molar-refractivity contribution in [3.8, 4) is 5.88 Å². The van der Waals surface area contributed by atoms with Gasteiger partial charge < -0.3 is 20.5 Å². The third-order valence-electron chi connectivity index (χ3n) is 7.25. The van der Waals surface area contributed by atoms with Crippen molar-refractivity contribution < 1.29 is 22.7 Å². The molecule has 0 aromatic carbocycles. The van der Waals surface area contributed by atoms with Crippen LogP contribution in [0.1, 0.15) is 82.4 Å². The van der Waals surface area contributed by atoms with Gasteiger partial charge in [0.15, 0.2) is 9.84 Å². The zero-order valence-electron chi connectivity index (χ0n) is 23.5. The molecule has 0 unspecified atom stereocenters. The third kappa shape index (κ3) is 5.99. The molecule has 4 rings (SSSR count). The summed E-state index contributed by atoms with van der Waals surface area (Å²) in [6.45, 7) is 12.8. The van der Waals surface area contributed by atoms with Crippen LogP contribution in [0, 0.1) is 0 Å². The van der Waals surface area contributed by atoms with Gasteiger partial charge >= 0.3 is 5.97 Å². The number of carbonyl (C=O) groups excluding carboxylic acids is 1. The van der Waals surface area contributed by atoms with Gasteiger partial charge in [-0.05, 0) is 63.8 Å². The van der Waals surface area contributed by atoms with E-state index >= 15 is 0 Å². The number of carbonyl (C=O) groups is 1. The molecule has 0 fully saturated rings. The molecule has 0 amide bonds. The molecule has 0 aliphatic carbocycles. The SMILES string of the molecule is CCS(=O)(=O)[C@H](C)C[C@@H](C)Oc1ncc(C(C)(C)N)c2cc(Nc3ccc4c(n3)[C@@H](C)[C@H](C)OC4=O)ncc12. The van der Waals surface area contributed by atoms with Crippen molar-refractivity contribution in [3.05, 3.63) is 47.4 Å². The van der Waals surface area contributed by atoms with Crippen LogP contribution in [0.2, 0.25) is 0 Å². The number of nitrogens with zero attached hydrogens (tertiary/aromatic N) is 3. The molecule has 39 heavy (non-hydrogen) atoms. The molecule has 3 aromatic heterocycles. The normalized spacial score (nSPS) is 19.2. The van der Waals surface area contributed by atoms with Crippen LogP contribution in [0.25, 0.3) is 10.8 Å². The van der Waals surface area contributed by atoms with E-state index < -0.39 is 20.6 Å². The maximum absolute atomic E-state index is 12.3. The molecule has 0 bridgehead atoms. The van der Waals surface area contributed by atoms with E-state index in [1.807, 2.05) is 40.7 Å². The van der Waals surface area contributed by atoms with Gasteiger partial charge in [0.25, 0.3) is 0 Å². The average Bonchev–Trinajstić information content (AvgIpc) is 2.86. The Bertz CT molecular complexity index is 1500. The second-order valence-corrected chi connectivity index (χ2v) is 13.6. The number of ether oxygens (including phenoxy) is 2. The van der Waals surface area contributed by atoms with Crippen LogP contribution in [0.5, 0.6) is 5.88 Å². The first-order valence-corrected chi connectivity index (χ1v) is 14.9. The molecule has 1 aliphatic rings. The van der Waals surface area contributed by atoms with Crippen molar-refractivity contribution >= 4 is 38.2 Å². The highest BCUT2D eigenvalue weighted by molar-refractivity contribution is 7.91. The monoisotopic (exact) mass is 555 g/mol. The molecule has 0 spiro atoms. The zero-order chi connectivity index (χ0) is 28.7. The van der Waals surface area contributed by atoms with Crippen molar-refractivity contribution in [2.45, 2.75) is 83.8 Å². The molecule has 11 heteroatoms. The maximum atomic E-state index is 12.3. The standard InChI is InChI=1S/C28H37N5O5S/c1-8-39(35,36)16(3)11-15(2)37-26-21-13-30-24(12-20(21)22(14-31-26)28(6,7)29)32-23-10-9-19-25(33-23)17(4)18(5)38-27(19)34/h9-10,12-18H,8,11,29H2,1-7H3,(H,30,32,33)/t15-,16-,17+,18+/m1/s1. The summed E-state index contributed by atoms with van der Waals surface area (Å²) in [5.74, 6) is 1.11. The van der Waals surface area contributed by atoms with E-state index in [1.165, 1.54) is 0 Å². The Morgan fingerprint density at radius 2 is 1.85 bits per heavy atom. The number of pyridine rings is 3. The molecule has 3 aromatic rings. The molecule has 4 atom stereocenters. The summed E-state index contributed by atoms with van der Waals surface area (Å²) in [4.78, 5) is 26.0. The minimum Gasteiger partial charge on any atom is -0.474 e. The predicted molar refractivity (Wildman–Crippen MR) is 151 cm³/mol. The van der Waals surface area contributed by atoms with Crippen molar-refractivity contribution in [2.24, 2.45) is 5.73 Å². The third-order valence-corrected chi connectivity index (χ3v) is 9.47. The largest absolute Gasteiger partial charge is 0.474 e. The number of aromatic nitrogens is 3. The van der Waals surface area contributed by atoms with Gasteiger partial charge in [0.1, 0.15) is 17.7 Å². The predicted octanol–water partition coefficient (Wildman–Crippen LogP) is 4.61. The van der Waals surface area contributed by atoms with Gasteiger partial charge in [-0.25, -0.2) is 28.2 Å². The van der Waals surface area contributed by atoms with Crippen molar-refractivity contribution in [2.75, 3.05) is 11.1 Å². The molecule has 0 radical (unpaired) electrons. The van der Waals surface area contributed by atoms with E-state index in [4.69, 9.17) is 20.2 Å². The number of hydrogen-bond donors (Lipinski definition) is 2. The number of sulfone groups is 1. The maximum Gasteiger partial charge on any atom is 0.340 e. The fourth-order valence-corrected chi connectivity index (χ4v) is 5.81. The van der Waals surface area contributed by atoms with E-state index in [0.717, 1.165) is 10.9 Å². The summed E-state index contributed by atoms with van der Waals surface area (Å²) in [5.41, 5.74) is 7.73. The molecule has 1 aliphatic heterocycles. The number of fused-ring (bicyclic) bond motifs is 2. The molecule has 4 heterocycles. The summed E-state index contributed by atoms with van der Waals surface area (Å²) >= 11 is 0. The lowest BCUT2D eigenvalue weighted by atomic mass is 9.93. The Hall–Kier alpha value is -3.31. The van der Waals surface area contributed by atoms with E-state index in [0.29, 0.717) is 40.6 Å². The van der Waals surface area contributed by atoms with Gasteiger partial charge in [-0.1, -0.05) is 13.8 Å². The van der Waals surface area contributed by atoms with Crippen LogP contribution in [0.4, 0.5) is 11.6 Å². The highest BCUT2D eigenvalue weighted by Gasteiger charge is 2.31. The van der Waals surface area contributed by atoms with E-state index in [1.54, 1.807) is 38.4 Å². The summed E-state index contributed by atoms with van der Waals surface area (Å²) < 4.78 is 36.0. The number of cyclic esters (lactones) is 1. The van der Waals surface area contributed by atoms with E-state index in [-0.39, 0.29) is 29.8 Å². The van der Waals surface area contributed by atoms with Gasteiger partial charge in [0.2, 0.25) is 5.88 Å². The fourth-order valence-electron chi connectivity index (χ4n) is 4.68. The van der Waals surface area contributed by atoms with Crippen molar-refractivity contribution in [1.82, 2.24) is 15.0 Å². The first-order chi connectivity index (χ1) is 18.2. The van der Waals surface area contributed by atoms with Crippen molar-refractivity contribution in [1.29, 1.82) is 0 Å². The Balaban J connectivity index is 1.67. The van der Waals surface area contributed by atoms with Crippen LogP contribution in [-0.2, 0) is 20.1 Å². The number of anilines is 2. The Kier molecular flexibility index (Phi) is 7.86. The summed E-state index contributed by atoms with van der Waals surface area (Å²) in [5, 5.41) is 4.18. The van der Waals surface area contributed by atoms with Crippen LogP contribution in [0.15, 0.2) is 30.6 Å². The van der Waals surface area contributed by atoms with E-state index in [9.17, 15) is 13.2 Å². The Labute approximate surface area is 229 Å². The number of hydrogen-bond acceptors (Lipinski definition) is 10. The first-order valence-electron chi connectivity index (χ1n) is 13.2. The quantitative estimate of drug-likeness (QED) is 0.359. The Morgan fingerprint density at radius 3 is 2.51 bits per heavy atom. The lowest BCUT2D eigenvalue weighted by Gasteiger charge is -2.27. The zero-order valence-corrected chi connectivity index (χ0v) is 24.3. The van der Waals surface area contributed by atoms with Crippen LogP contribution in [-0.4, -0.2) is 52.5 Å². The first kappa shape index (κ1) is 28.7. The van der Waals surface area contributed by atoms with Crippen molar-refractivity contribution in [3.63, 3.8) is 0 Å². The molecule has 0 saturated carbocycles. The molecule has 10 nitrogen and oxygen atoms in total. The van der Waals surface area contributed by atoms with Gasteiger partial charge in [-0.15, -0.1) is 0 Å².